The van der Waals surface area contributed by atoms with Gasteiger partial charge < -0.3 is 10.2 Å². The van der Waals surface area contributed by atoms with Crippen LogP contribution in [0.5, 0.6) is 0 Å². The van der Waals surface area contributed by atoms with Crippen LogP contribution in [0.2, 0.25) is 0 Å². The summed E-state index contributed by atoms with van der Waals surface area (Å²) in [6.07, 6.45) is 12.5. The quantitative estimate of drug-likeness (QED) is 0.680. The topological polar surface area (TPSA) is 57.5 Å². The minimum Gasteiger partial charge on any atom is -0.481 e. The molecule has 0 bridgehead atoms. The zero-order valence-corrected chi connectivity index (χ0v) is 17.6. The van der Waals surface area contributed by atoms with Crippen LogP contribution in [-0.4, -0.2) is 22.3 Å². The molecular formula is C24H40O3. The molecule has 0 saturated heterocycles. The lowest BCUT2D eigenvalue weighted by molar-refractivity contribution is -0.164. The van der Waals surface area contributed by atoms with Gasteiger partial charge in [-0.2, -0.15) is 0 Å². The zero-order chi connectivity index (χ0) is 19.4. The van der Waals surface area contributed by atoms with E-state index in [4.69, 9.17) is 5.11 Å². The van der Waals surface area contributed by atoms with Crippen LogP contribution in [0.1, 0.15) is 91.4 Å². The van der Waals surface area contributed by atoms with Gasteiger partial charge >= 0.3 is 5.97 Å². The first-order valence-electron chi connectivity index (χ1n) is 11.7. The minimum atomic E-state index is -0.663. The number of aliphatic hydroxyl groups is 1. The molecule has 4 fully saturated rings. The molecule has 4 rings (SSSR count). The first kappa shape index (κ1) is 19.7. The fraction of sp³-hybridized carbons (Fsp3) is 0.958. The maximum atomic E-state index is 11.2. The highest BCUT2D eigenvalue weighted by Crippen LogP contribution is 2.68. The Morgan fingerprint density at radius 2 is 1.78 bits per heavy atom. The van der Waals surface area contributed by atoms with Crippen molar-refractivity contribution >= 4 is 5.97 Å². The van der Waals surface area contributed by atoms with Gasteiger partial charge in [-0.05, 0) is 97.7 Å². The van der Waals surface area contributed by atoms with Crippen LogP contribution in [0.4, 0.5) is 0 Å². The van der Waals surface area contributed by atoms with Crippen molar-refractivity contribution in [2.75, 3.05) is 0 Å². The van der Waals surface area contributed by atoms with E-state index in [2.05, 4.69) is 20.8 Å². The van der Waals surface area contributed by atoms with E-state index in [-0.39, 0.29) is 6.10 Å². The molecule has 154 valence electrons. The average molecular weight is 377 g/mol. The highest BCUT2D eigenvalue weighted by Gasteiger charge is 2.62. The second-order valence-electron chi connectivity index (χ2n) is 11.2. The van der Waals surface area contributed by atoms with E-state index in [9.17, 15) is 9.90 Å². The number of carboxylic acids is 1. The van der Waals surface area contributed by atoms with Gasteiger partial charge in [0, 0.05) is 6.42 Å². The largest absolute Gasteiger partial charge is 0.481 e. The molecule has 9 atom stereocenters. The van der Waals surface area contributed by atoms with Gasteiger partial charge in [-0.15, -0.1) is 0 Å². The summed E-state index contributed by atoms with van der Waals surface area (Å²) in [5.41, 5.74) is 0.758. The van der Waals surface area contributed by atoms with Gasteiger partial charge in [0.25, 0.3) is 0 Å². The molecule has 4 aliphatic carbocycles. The number of rotatable bonds is 4. The predicted molar refractivity (Wildman–Crippen MR) is 107 cm³/mol. The summed E-state index contributed by atoms with van der Waals surface area (Å²) in [7, 11) is 0. The van der Waals surface area contributed by atoms with Crippen molar-refractivity contribution in [3.05, 3.63) is 0 Å². The fourth-order valence-corrected chi connectivity index (χ4v) is 8.78. The van der Waals surface area contributed by atoms with E-state index < -0.39 is 5.97 Å². The van der Waals surface area contributed by atoms with Crippen LogP contribution in [0, 0.1) is 46.3 Å². The molecule has 4 saturated carbocycles. The standard InChI is InChI=1S/C24H40O3/c1-15(7-10-21(26)27)17-8-9-18-22-19(11-13-24(17,18)3)23(2)12-5-4-6-16(23)14-20(22)25/h15-20,22,25H,4-14H2,1-3H3,(H,26,27)/t15-,16-,17+,18+,19-,20+,22+,23-,24+/m0/s1. The number of carboxylic acid groups (broad SMARTS) is 1. The van der Waals surface area contributed by atoms with Crippen LogP contribution in [0.25, 0.3) is 0 Å². The van der Waals surface area contributed by atoms with Gasteiger partial charge in [0.1, 0.15) is 0 Å². The number of fused-ring (bicyclic) bond motifs is 5. The van der Waals surface area contributed by atoms with Crippen molar-refractivity contribution in [3.63, 3.8) is 0 Å². The zero-order valence-electron chi connectivity index (χ0n) is 17.6. The SMILES string of the molecule is C[C@@H](CCC(=O)O)[C@H]1CC[C@@H]2[C@H]3[C@H](O)C[C@@H]4CCCC[C@]4(C)[C@H]3CC[C@@]21C. The summed E-state index contributed by atoms with van der Waals surface area (Å²) < 4.78 is 0. The average Bonchev–Trinajstić information content (AvgIpc) is 2.97. The lowest BCUT2D eigenvalue weighted by Crippen LogP contribution is -2.57. The Morgan fingerprint density at radius 1 is 1.04 bits per heavy atom. The molecule has 0 heterocycles. The van der Waals surface area contributed by atoms with Crippen molar-refractivity contribution < 1.29 is 15.0 Å². The van der Waals surface area contributed by atoms with Crippen LogP contribution < -0.4 is 0 Å². The maximum absolute atomic E-state index is 11.2. The van der Waals surface area contributed by atoms with Gasteiger partial charge in [0.2, 0.25) is 0 Å². The summed E-state index contributed by atoms with van der Waals surface area (Å²) in [4.78, 5) is 11.0. The number of aliphatic carboxylic acids is 1. The number of aliphatic hydroxyl groups excluding tert-OH is 1. The van der Waals surface area contributed by atoms with Crippen molar-refractivity contribution in [1.29, 1.82) is 0 Å². The molecule has 0 radical (unpaired) electrons. The van der Waals surface area contributed by atoms with Gasteiger partial charge in [-0.25, -0.2) is 0 Å². The second kappa shape index (κ2) is 7.04. The lowest BCUT2D eigenvalue weighted by Gasteiger charge is -2.62. The summed E-state index contributed by atoms with van der Waals surface area (Å²) in [5.74, 6) is 3.02. The Hall–Kier alpha value is -0.570. The third-order valence-electron chi connectivity index (χ3n) is 10.2. The van der Waals surface area contributed by atoms with E-state index in [1.165, 1.54) is 51.4 Å². The van der Waals surface area contributed by atoms with Crippen molar-refractivity contribution in [1.82, 2.24) is 0 Å². The molecule has 0 amide bonds. The van der Waals surface area contributed by atoms with E-state index in [0.717, 1.165) is 18.8 Å². The highest BCUT2D eigenvalue weighted by atomic mass is 16.4. The third kappa shape index (κ3) is 3.07. The molecule has 0 aromatic rings. The van der Waals surface area contributed by atoms with Gasteiger partial charge in [0.15, 0.2) is 0 Å². The number of carbonyl (C=O) groups is 1. The molecule has 3 nitrogen and oxygen atoms in total. The van der Waals surface area contributed by atoms with Crippen molar-refractivity contribution in [3.8, 4) is 0 Å². The Bertz CT molecular complexity index is 574. The molecule has 3 heteroatoms. The number of hydrogen-bond acceptors (Lipinski definition) is 2. The van der Waals surface area contributed by atoms with Crippen LogP contribution >= 0.6 is 0 Å². The van der Waals surface area contributed by atoms with Crippen LogP contribution in [0.3, 0.4) is 0 Å². The molecule has 27 heavy (non-hydrogen) atoms. The van der Waals surface area contributed by atoms with Crippen molar-refractivity contribution in [2.24, 2.45) is 46.3 Å². The van der Waals surface area contributed by atoms with E-state index in [1.54, 1.807) is 0 Å². The summed E-state index contributed by atoms with van der Waals surface area (Å²) >= 11 is 0. The summed E-state index contributed by atoms with van der Waals surface area (Å²) in [5, 5.41) is 20.3. The maximum Gasteiger partial charge on any atom is 0.303 e. The normalized spacial score (nSPS) is 50.4. The van der Waals surface area contributed by atoms with Crippen LogP contribution in [0.15, 0.2) is 0 Å². The first-order chi connectivity index (χ1) is 12.8. The second-order valence-corrected chi connectivity index (χ2v) is 11.2. The monoisotopic (exact) mass is 376 g/mol. The van der Waals surface area contributed by atoms with Gasteiger partial charge in [0.05, 0.1) is 6.10 Å². The summed E-state index contributed by atoms with van der Waals surface area (Å²) in [6.45, 7) is 7.33. The van der Waals surface area contributed by atoms with E-state index in [1.807, 2.05) is 0 Å². The lowest BCUT2D eigenvalue weighted by atomic mass is 9.44. The molecule has 4 aliphatic rings. The molecule has 0 unspecified atom stereocenters. The molecule has 0 aliphatic heterocycles. The number of hydrogen-bond donors (Lipinski definition) is 2. The molecule has 2 N–H and O–H groups in total. The Balaban J connectivity index is 1.56. The molecule has 0 aromatic heterocycles. The Morgan fingerprint density at radius 3 is 2.52 bits per heavy atom. The third-order valence-corrected chi connectivity index (χ3v) is 10.2. The highest BCUT2D eigenvalue weighted by molar-refractivity contribution is 5.66. The molecule has 0 spiro atoms. The minimum absolute atomic E-state index is 0.108. The van der Waals surface area contributed by atoms with E-state index in [0.29, 0.717) is 46.8 Å². The predicted octanol–water partition coefficient (Wildman–Crippen LogP) is 5.51. The van der Waals surface area contributed by atoms with Gasteiger partial charge in [-0.1, -0.05) is 33.6 Å². The molecular weight excluding hydrogens is 336 g/mol. The summed E-state index contributed by atoms with van der Waals surface area (Å²) in [6, 6.07) is 0. The van der Waals surface area contributed by atoms with Gasteiger partial charge in [-0.3, -0.25) is 4.79 Å². The first-order valence-corrected chi connectivity index (χ1v) is 11.7. The smallest absolute Gasteiger partial charge is 0.303 e. The Kier molecular flexibility index (Phi) is 5.15. The fourth-order valence-electron chi connectivity index (χ4n) is 8.78. The van der Waals surface area contributed by atoms with Crippen LogP contribution in [-0.2, 0) is 4.79 Å². The van der Waals surface area contributed by atoms with E-state index >= 15 is 0 Å². The Labute approximate surface area is 165 Å². The van der Waals surface area contributed by atoms with Crippen molar-refractivity contribution in [2.45, 2.75) is 97.5 Å². The molecule has 0 aromatic carbocycles.